The van der Waals surface area contributed by atoms with E-state index in [2.05, 4.69) is 29.6 Å². The van der Waals surface area contributed by atoms with Crippen LogP contribution in [0.15, 0.2) is 53.5 Å². The minimum Gasteiger partial charge on any atom is -0.454 e. The fourth-order valence-electron chi connectivity index (χ4n) is 3.91. The Morgan fingerprint density at radius 1 is 1.03 bits per heavy atom. The van der Waals surface area contributed by atoms with Gasteiger partial charge in [-0.05, 0) is 36.1 Å². The van der Waals surface area contributed by atoms with Gasteiger partial charge in [0.2, 0.25) is 6.79 Å². The number of ether oxygens (including phenoxy) is 3. The standard InChI is InChI=1S/C23H29N3O3/c1-26(2)22(24-15-18-6-4-3-5-7-18)25-16-23(10-12-27-13-11-23)19-8-9-20-21(14-19)29-17-28-20/h3-9,14H,10-13,15-17H2,1-2H3,(H,24,25). The van der Waals surface area contributed by atoms with Crippen LogP contribution >= 0.6 is 0 Å². The van der Waals surface area contributed by atoms with Gasteiger partial charge in [0, 0.05) is 39.3 Å². The smallest absolute Gasteiger partial charge is 0.231 e. The molecule has 2 aromatic rings. The lowest BCUT2D eigenvalue weighted by molar-refractivity contribution is 0.0511. The molecule has 0 atom stereocenters. The molecule has 1 fully saturated rings. The number of nitrogens with one attached hydrogen (secondary N) is 1. The Morgan fingerprint density at radius 2 is 1.79 bits per heavy atom. The van der Waals surface area contributed by atoms with Crippen molar-refractivity contribution in [1.29, 1.82) is 0 Å². The molecule has 1 N–H and O–H groups in total. The van der Waals surface area contributed by atoms with E-state index in [1.807, 2.05) is 43.3 Å². The van der Waals surface area contributed by atoms with Crippen molar-refractivity contribution in [2.75, 3.05) is 40.6 Å². The number of rotatable bonds is 5. The number of benzene rings is 2. The second-order valence-corrected chi connectivity index (χ2v) is 7.83. The minimum atomic E-state index is -0.0250. The van der Waals surface area contributed by atoms with Crippen molar-refractivity contribution in [2.45, 2.75) is 24.8 Å². The average molecular weight is 396 g/mol. The number of nitrogens with zero attached hydrogens (tertiary/aromatic N) is 2. The van der Waals surface area contributed by atoms with Crippen LogP contribution in [-0.2, 0) is 16.7 Å². The molecule has 0 aliphatic carbocycles. The van der Waals surface area contributed by atoms with Gasteiger partial charge in [-0.15, -0.1) is 0 Å². The van der Waals surface area contributed by atoms with Gasteiger partial charge >= 0.3 is 0 Å². The van der Waals surface area contributed by atoms with Crippen LogP contribution in [0.4, 0.5) is 0 Å². The molecule has 4 rings (SSSR count). The lowest BCUT2D eigenvalue weighted by Crippen LogP contribution is -2.47. The third-order valence-electron chi connectivity index (χ3n) is 5.70. The topological polar surface area (TPSA) is 55.3 Å². The molecule has 6 nitrogen and oxygen atoms in total. The summed E-state index contributed by atoms with van der Waals surface area (Å²) < 4.78 is 16.8. The zero-order chi connectivity index (χ0) is 20.1. The summed E-state index contributed by atoms with van der Waals surface area (Å²) in [6.45, 7) is 3.26. The van der Waals surface area contributed by atoms with Crippen LogP contribution in [-0.4, -0.2) is 51.5 Å². The maximum absolute atomic E-state index is 5.67. The number of guanidine groups is 1. The molecule has 29 heavy (non-hydrogen) atoms. The molecule has 0 aromatic heterocycles. The molecule has 2 aliphatic rings. The molecule has 0 radical (unpaired) electrons. The number of aliphatic imine (C=N–C) groups is 1. The predicted molar refractivity (Wildman–Crippen MR) is 114 cm³/mol. The first-order chi connectivity index (χ1) is 14.2. The van der Waals surface area contributed by atoms with Gasteiger partial charge in [-0.25, -0.2) is 4.99 Å². The maximum atomic E-state index is 5.67. The van der Waals surface area contributed by atoms with E-state index in [0.29, 0.717) is 13.3 Å². The molecule has 0 amide bonds. The van der Waals surface area contributed by atoms with Crippen molar-refractivity contribution >= 4 is 5.96 Å². The fourth-order valence-corrected chi connectivity index (χ4v) is 3.91. The van der Waals surface area contributed by atoms with E-state index in [1.54, 1.807) is 0 Å². The lowest BCUT2D eigenvalue weighted by Gasteiger charge is -2.38. The highest BCUT2D eigenvalue weighted by molar-refractivity contribution is 5.79. The second kappa shape index (κ2) is 8.74. The van der Waals surface area contributed by atoms with Crippen molar-refractivity contribution in [1.82, 2.24) is 10.2 Å². The van der Waals surface area contributed by atoms with Gasteiger partial charge in [0.1, 0.15) is 0 Å². The molecular weight excluding hydrogens is 366 g/mol. The van der Waals surface area contributed by atoms with Crippen LogP contribution < -0.4 is 14.8 Å². The Morgan fingerprint density at radius 3 is 2.55 bits per heavy atom. The highest BCUT2D eigenvalue weighted by atomic mass is 16.7. The summed E-state index contributed by atoms with van der Waals surface area (Å²) in [5.41, 5.74) is 2.44. The van der Waals surface area contributed by atoms with E-state index in [0.717, 1.165) is 50.1 Å². The first-order valence-electron chi connectivity index (χ1n) is 10.1. The largest absolute Gasteiger partial charge is 0.454 e. The van der Waals surface area contributed by atoms with Gasteiger partial charge < -0.3 is 24.4 Å². The number of fused-ring (bicyclic) bond motifs is 1. The van der Waals surface area contributed by atoms with Crippen molar-refractivity contribution < 1.29 is 14.2 Å². The Balaban J connectivity index is 1.53. The van der Waals surface area contributed by atoms with Crippen molar-refractivity contribution in [3.05, 3.63) is 59.7 Å². The predicted octanol–water partition coefficient (Wildman–Crippen LogP) is 3.17. The SMILES string of the molecule is CN(C)C(=NCc1ccccc1)NCC1(c2ccc3c(c2)OCO3)CCOCC1. The lowest BCUT2D eigenvalue weighted by atomic mass is 9.74. The monoisotopic (exact) mass is 395 g/mol. The van der Waals surface area contributed by atoms with E-state index in [1.165, 1.54) is 11.1 Å². The molecule has 0 saturated carbocycles. The van der Waals surface area contributed by atoms with Crippen LogP contribution in [0.1, 0.15) is 24.0 Å². The van der Waals surface area contributed by atoms with E-state index in [4.69, 9.17) is 19.2 Å². The molecular formula is C23H29N3O3. The zero-order valence-electron chi connectivity index (χ0n) is 17.2. The van der Waals surface area contributed by atoms with E-state index in [-0.39, 0.29) is 5.41 Å². The average Bonchev–Trinajstić information content (AvgIpc) is 3.23. The summed E-state index contributed by atoms with van der Waals surface area (Å²) in [6, 6.07) is 16.6. The van der Waals surface area contributed by atoms with E-state index < -0.39 is 0 Å². The minimum absolute atomic E-state index is 0.0250. The zero-order valence-corrected chi connectivity index (χ0v) is 17.2. The van der Waals surface area contributed by atoms with Crippen LogP contribution in [0.3, 0.4) is 0 Å². The Labute approximate surface area is 172 Å². The maximum Gasteiger partial charge on any atom is 0.231 e. The molecule has 2 aliphatic heterocycles. The third-order valence-corrected chi connectivity index (χ3v) is 5.70. The summed E-state index contributed by atoms with van der Waals surface area (Å²) in [5, 5.41) is 3.61. The summed E-state index contributed by atoms with van der Waals surface area (Å²) in [5.74, 6) is 2.54. The Bertz CT molecular complexity index is 846. The Kier molecular flexibility index (Phi) is 5.90. The molecule has 0 bridgehead atoms. The first kappa shape index (κ1) is 19.6. The molecule has 0 spiro atoms. The summed E-state index contributed by atoms with van der Waals surface area (Å²) >= 11 is 0. The second-order valence-electron chi connectivity index (χ2n) is 7.83. The highest BCUT2D eigenvalue weighted by Crippen LogP contribution is 2.40. The van der Waals surface area contributed by atoms with Crippen LogP contribution in [0, 0.1) is 0 Å². The number of hydrogen-bond acceptors (Lipinski definition) is 4. The quantitative estimate of drug-likeness (QED) is 0.623. The van der Waals surface area contributed by atoms with Crippen LogP contribution in [0.2, 0.25) is 0 Å². The summed E-state index contributed by atoms with van der Waals surface area (Å²) in [6.07, 6.45) is 1.91. The van der Waals surface area contributed by atoms with Crippen molar-refractivity contribution in [3.8, 4) is 11.5 Å². The first-order valence-corrected chi connectivity index (χ1v) is 10.1. The van der Waals surface area contributed by atoms with E-state index in [9.17, 15) is 0 Å². The molecule has 2 aromatic carbocycles. The Hall–Kier alpha value is -2.73. The van der Waals surface area contributed by atoms with Crippen LogP contribution in [0.5, 0.6) is 11.5 Å². The normalized spacial score (nSPS) is 17.8. The molecule has 1 saturated heterocycles. The van der Waals surface area contributed by atoms with Crippen molar-refractivity contribution in [2.24, 2.45) is 4.99 Å². The molecule has 154 valence electrons. The summed E-state index contributed by atoms with van der Waals surface area (Å²) in [4.78, 5) is 6.85. The number of hydrogen-bond donors (Lipinski definition) is 1. The van der Waals surface area contributed by atoms with Gasteiger partial charge in [-0.2, -0.15) is 0 Å². The van der Waals surface area contributed by atoms with E-state index >= 15 is 0 Å². The molecule has 6 heteroatoms. The van der Waals surface area contributed by atoms with Gasteiger partial charge in [-0.1, -0.05) is 36.4 Å². The molecule has 0 unspecified atom stereocenters. The fraction of sp³-hybridized carbons (Fsp3) is 0.435. The van der Waals surface area contributed by atoms with Crippen molar-refractivity contribution in [3.63, 3.8) is 0 Å². The van der Waals surface area contributed by atoms with Crippen LogP contribution in [0.25, 0.3) is 0 Å². The van der Waals surface area contributed by atoms with Gasteiger partial charge in [0.05, 0.1) is 6.54 Å². The highest BCUT2D eigenvalue weighted by Gasteiger charge is 2.36. The molecule has 2 heterocycles. The summed E-state index contributed by atoms with van der Waals surface area (Å²) in [7, 11) is 4.04. The van der Waals surface area contributed by atoms with Gasteiger partial charge in [-0.3, -0.25) is 0 Å². The van der Waals surface area contributed by atoms with Gasteiger partial charge in [0.15, 0.2) is 17.5 Å². The third kappa shape index (κ3) is 4.48. The van der Waals surface area contributed by atoms with Gasteiger partial charge in [0.25, 0.3) is 0 Å².